The van der Waals surface area contributed by atoms with E-state index in [2.05, 4.69) is 5.32 Å². The van der Waals surface area contributed by atoms with Gasteiger partial charge in [-0.3, -0.25) is 5.32 Å². The van der Waals surface area contributed by atoms with Gasteiger partial charge in [-0.15, -0.1) is 11.8 Å². The van der Waals surface area contributed by atoms with Crippen LogP contribution in [-0.4, -0.2) is 29.6 Å². The van der Waals surface area contributed by atoms with Crippen LogP contribution in [0.5, 0.6) is 5.75 Å². The minimum absolute atomic E-state index is 0.361. The molecule has 0 saturated heterocycles. The van der Waals surface area contributed by atoms with Crippen molar-refractivity contribution in [3.63, 3.8) is 0 Å². The maximum atomic E-state index is 11.4. The molecule has 122 valence electrons. The highest BCUT2D eigenvalue weighted by Gasteiger charge is 2.13. The van der Waals surface area contributed by atoms with Gasteiger partial charge in [-0.1, -0.05) is 6.92 Å². The van der Waals surface area contributed by atoms with E-state index in [0.717, 1.165) is 11.1 Å². The highest BCUT2D eigenvalue weighted by atomic mass is 32.2. The first kappa shape index (κ1) is 15.9. The molecule has 3 aromatic rings. The van der Waals surface area contributed by atoms with Crippen molar-refractivity contribution in [2.75, 3.05) is 18.9 Å². The Labute approximate surface area is 136 Å². The minimum atomic E-state index is -0.608. The van der Waals surface area contributed by atoms with E-state index >= 15 is 0 Å². The Bertz CT molecular complexity index is 856. The molecule has 0 spiro atoms. The summed E-state index contributed by atoms with van der Waals surface area (Å²) < 4.78 is 16.4. The number of thioether (sulfide) groups is 1. The zero-order chi connectivity index (χ0) is 16.2. The number of ether oxygens (including phenoxy) is 1. The van der Waals surface area contributed by atoms with Crippen LogP contribution in [0.25, 0.3) is 21.9 Å². The average Bonchev–Trinajstić information content (AvgIpc) is 2.98. The van der Waals surface area contributed by atoms with Crippen molar-refractivity contribution in [3.8, 4) is 5.75 Å². The molecule has 0 fully saturated rings. The summed E-state index contributed by atoms with van der Waals surface area (Å²) in [5, 5.41) is 14.1. The van der Waals surface area contributed by atoms with Crippen LogP contribution in [0.3, 0.4) is 0 Å². The van der Waals surface area contributed by atoms with Crippen molar-refractivity contribution in [3.05, 3.63) is 40.9 Å². The molecule has 6 nitrogen and oxygen atoms in total. The van der Waals surface area contributed by atoms with Gasteiger partial charge in [0.1, 0.15) is 23.5 Å². The quantitative estimate of drug-likeness (QED) is 0.390. The number of benzene rings is 1. The molecule has 0 radical (unpaired) electrons. The fraction of sp³-hybridized carbons (Fsp3) is 0.312. The predicted octanol–water partition coefficient (Wildman–Crippen LogP) is 2.54. The van der Waals surface area contributed by atoms with Crippen LogP contribution in [-0.2, 0) is 0 Å². The Kier molecular flexibility index (Phi) is 4.90. The third-order valence-electron chi connectivity index (χ3n) is 3.30. The first-order valence-corrected chi connectivity index (χ1v) is 8.34. The molecular weight excluding hydrogens is 318 g/mol. The fourth-order valence-corrected chi connectivity index (χ4v) is 2.87. The van der Waals surface area contributed by atoms with Gasteiger partial charge in [0.15, 0.2) is 5.56 Å². The average molecular weight is 335 g/mol. The number of rotatable bonds is 7. The van der Waals surface area contributed by atoms with E-state index in [1.54, 1.807) is 18.4 Å². The summed E-state index contributed by atoms with van der Waals surface area (Å²) in [6.07, 6.45) is 1.56. The Morgan fingerprint density at radius 1 is 1.30 bits per heavy atom. The lowest BCUT2D eigenvalue weighted by molar-refractivity contribution is 0.210. The second kappa shape index (κ2) is 7.08. The highest BCUT2D eigenvalue weighted by Crippen LogP contribution is 2.34. The minimum Gasteiger partial charge on any atom is -0.491 e. The SMILES string of the molecule is CCSC(O)NCCOc1c2ccoc2cc2oc(=O)ccc12. The summed E-state index contributed by atoms with van der Waals surface area (Å²) >= 11 is 1.41. The highest BCUT2D eigenvalue weighted by molar-refractivity contribution is 7.99. The van der Waals surface area contributed by atoms with Crippen LogP contribution >= 0.6 is 11.8 Å². The van der Waals surface area contributed by atoms with Crippen molar-refractivity contribution in [2.45, 2.75) is 12.5 Å². The van der Waals surface area contributed by atoms with Gasteiger partial charge >= 0.3 is 5.63 Å². The first-order chi connectivity index (χ1) is 11.2. The van der Waals surface area contributed by atoms with Gasteiger partial charge in [0.05, 0.1) is 17.0 Å². The lowest BCUT2D eigenvalue weighted by Crippen LogP contribution is -2.30. The molecule has 0 aliphatic heterocycles. The van der Waals surface area contributed by atoms with Crippen molar-refractivity contribution >= 4 is 33.7 Å². The fourth-order valence-electron chi connectivity index (χ4n) is 2.32. The van der Waals surface area contributed by atoms with Gasteiger partial charge in [0.25, 0.3) is 0 Å². The van der Waals surface area contributed by atoms with Crippen molar-refractivity contribution < 1.29 is 18.7 Å². The third kappa shape index (κ3) is 3.52. The number of aliphatic hydroxyl groups excluding tert-OH is 1. The summed E-state index contributed by atoms with van der Waals surface area (Å²) in [6, 6.07) is 6.53. The van der Waals surface area contributed by atoms with Crippen LogP contribution < -0.4 is 15.7 Å². The van der Waals surface area contributed by atoms with E-state index in [-0.39, 0.29) is 0 Å². The van der Waals surface area contributed by atoms with E-state index in [1.807, 2.05) is 13.0 Å². The monoisotopic (exact) mass is 335 g/mol. The van der Waals surface area contributed by atoms with Gasteiger partial charge in [-0.2, -0.15) is 0 Å². The molecule has 0 bridgehead atoms. The van der Waals surface area contributed by atoms with E-state index in [4.69, 9.17) is 13.6 Å². The molecule has 1 atom stereocenters. The lowest BCUT2D eigenvalue weighted by Gasteiger charge is -2.13. The molecular formula is C16H17NO5S. The molecule has 1 aromatic carbocycles. The lowest BCUT2D eigenvalue weighted by atomic mass is 10.1. The molecule has 0 saturated carbocycles. The van der Waals surface area contributed by atoms with Gasteiger partial charge in [0.2, 0.25) is 0 Å². The Balaban J connectivity index is 1.83. The molecule has 2 heterocycles. The predicted molar refractivity (Wildman–Crippen MR) is 89.9 cm³/mol. The standard InChI is InChI=1S/C16H17NO5S/c1-2-23-16(19)17-6-8-21-15-10-3-4-14(18)22-13(10)9-12-11(15)5-7-20-12/h3-5,7,9,16-17,19H,2,6,8H2,1H3. The van der Waals surface area contributed by atoms with Crippen LogP contribution in [0.2, 0.25) is 0 Å². The van der Waals surface area contributed by atoms with Crippen LogP contribution in [0, 0.1) is 0 Å². The van der Waals surface area contributed by atoms with Gasteiger partial charge in [-0.05, 0) is 17.9 Å². The topological polar surface area (TPSA) is 84.8 Å². The van der Waals surface area contributed by atoms with E-state index in [1.165, 1.54) is 17.8 Å². The maximum Gasteiger partial charge on any atom is 0.336 e. The third-order valence-corrected chi connectivity index (χ3v) is 4.12. The molecule has 0 aliphatic rings. The molecule has 2 N–H and O–H groups in total. The summed E-state index contributed by atoms with van der Waals surface area (Å²) in [7, 11) is 0. The van der Waals surface area contributed by atoms with Crippen LogP contribution in [0.1, 0.15) is 6.92 Å². The largest absolute Gasteiger partial charge is 0.491 e. The van der Waals surface area contributed by atoms with E-state index < -0.39 is 11.2 Å². The molecule has 0 amide bonds. The Morgan fingerprint density at radius 3 is 2.96 bits per heavy atom. The maximum absolute atomic E-state index is 11.4. The summed E-state index contributed by atoms with van der Waals surface area (Å²) in [4.78, 5) is 11.4. The second-order valence-corrected chi connectivity index (χ2v) is 6.17. The van der Waals surface area contributed by atoms with E-state index in [9.17, 15) is 9.90 Å². The number of furan rings is 1. The zero-order valence-electron chi connectivity index (χ0n) is 12.6. The molecule has 1 unspecified atom stereocenters. The van der Waals surface area contributed by atoms with E-state index in [0.29, 0.717) is 35.5 Å². The Hall–Kier alpha value is -1.96. The zero-order valence-corrected chi connectivity index (χ0v) is 13.4. The van der Waals surface area contributed by atoms with Gasteiger partial charge in [-0.25, -0.2) is 4.79 Å². The number of fused-ring (bicyclic) bond motifs is 2. The first-order valence-electron chi connectivity index (χ1n) is 7.29. The molecule has 3 rings (SSSR count). The molecule has 2 aromatic heterocycles. The molecule has 23 heavy (non-hydrogen) atoms. The Morgan fingerprint density at radius 2 is 2.13 bits per heavy atom. The van der Waals surface area contributed by atoms with Gasteiger partial charge in [0, 0.05) is 18.7 Å². The van der Waals surface area contributed by atoms with Crippen LogP contribution in [0.4, 0.5) is 0 Å². The summed E-state index contributed by atoms with van der Waals surface area (Å²) in [5.74, 6) is 1.43. The van der Waals surface area contributed by atoms with Crippen molar-refractivity contribution in [1.82, 2.24) is 5.32 Å². The second-order valence-electron chi connectivity index (χ2n) is 4.81. The molecule has 7 heteroatoms. The van der Waals surface area contributed by atoms with Crippen molar-refractivity contribution in [2.24, 2.45) is 0 Å². The normalized spacial score (nSPS) is 12.8. The number of aliphatic hydroxyl groups is 1. The molecule has 0 aliphatic carbocycles. The van der Waals surface area contributed by atoms with Crippen LogP contribution in [0.15, 0.2) is 44.2 Å². The number of hydrogen-bond donors (Lipinski definition) is 2. The number of hydrogen-bond acceptors (Lipinski definition) is 7. The number of nitrogens with one attached hydrogen (secondary N) is 1. The van der Waals surface area contributed by atoms with Gasteiger partial charge < -0.3 is 18.7 Å². The summed E-state index contributed by atoms with van der Waals surface area (Å²) in [5.41, 5.74) is -0.0142. The smallest absolute Gasteiger partial charge is 0.336 e. The van der Waals surface area contributed by atoms with Crippen molar-refractivity contribution in [1.29, 1.82) is 0 Å². The summed E-state index contributed by atoms with van der Waals surface area (Å²) in [6.45, 7) is 2.83.